The number of anilines is 1. The zero-order valence-electron chi connectivity index (χ0n) is 18.1. The first-order chi connectivity index (χ1) is 16.5. The third kappa shape index (κ3) is 4.54. The highest BCUT2D eigenvalue weighted by atomic mass is 16.5. The molecule has 2 aliphatic rings. The van der Waals surface area contributed by atoms with Gasteiger partial charge in [0.2, 0.25) is 11.7 Å². The normalized spacial score (nSPS) is 21.6. The van der Waals surface area contributed by atoms with Crippen LogP contribution in [-0.4, -0.2) is 61.2 Å². The molecule has 0 spiro atoms. The average Bonchev–Trinajstić information content (AvgIpc) is 3.41. The van der Waals surface area contributed by atoms with E-state index in [4.69, 9.17) is 10.5 Å². The number of benzene rings is 1. The summed E-state index contributed by atoms with van der Waals surface area (Å²) in [4.78, 5) is 37.2. The van der Waals surface area contributed by atoms with Crippen molar-refractivity contribution in [2.24, 2.45) is 0 Å². The number of nitrogens with zero attached hydrogens (tertiary/aromatic N) is 4. The molecule has 1 saturated heterocycles. The van der Waals surface area contributed by atoms with Crippen LogP contribution in [-0.2, 0) is 9.53 Å². The largest absolute Gasteiger partial charge is 0.388 e. The van der Waals surface area contributed by atoms with Gasteiger partial charge in [0.25, 0.3) is 5.91 Å². The van der Waals surface area contributed by atoms with Crippen molar-refractivity contribution >= 4 is 28.8 Å². The highest BCUT2D eigenvalue weighted by molar-refractivity contribution is 5.94. The SMILES string of the molecule is Nc1nc(C#CCNC(=O)c2ccccc2)nc2c1ncn2C1O[C@H](C(=O)NC2CC2)CC1O. The number of rotatable bonds is 5. The van der Waals surface area contributed by atoms with Crippen LogP contribution >= 0.6 is 0 Å². The number of nitrogen functional groups attached to an aromatic ring is 1. The molecule has 3 heterocycles. The highest BCUT2D eigenvalue weighted by Crippen LogP contribution is 2.32. The Labute approximate surface area is 194 Å². The molecule has 2 aromatic heterocycles. The van der Waals surface area contributed by atoms with Crippen molar-refractivity contribution in [1.82, 2.24) is 30.2 Å². The number of fused-ring (bicyclic) bond motifs is 1. The molecule has 34 heavy (non-hydrogen) atoms. The number of nitrogens with one attached hydrogen (secondary N) is 2. The van der Waals surface area contributed by atoms with E-state index in [9.17, 15) is 14.7 Å². The van der Waals surface area contributed by atoms with E-state index in [1.165, 1.54) is 10.9 Å². The minimum atomic E-state index is -0.925. The van der Waals surface area contributed by atoms with Crippen LogP contribution in [0.4, 0.5) is 5.82 Å². The number of aliphatic hydroxyl groups excluding tert-OH is 1. The smallest absolute Gasteiger partial charge is 0.252 e. The molecule has 5 rings (SSSR count). The fraction of sp³-hybridized carbons (Fsp3) is 0.348. The summed E-state index contributed by atoms with van der Waals surface area (Å²) < 4.78 is 7.37. The Balaban J connectivity index is 1.31. The third-order valence-electron chi connectivity index (χ3n) is 5.60. The molecule has 11 nitrogen and oxygen atoms in total. The van der Waals surface area contributed by atoms with Crippen LogP contribution < -0.4 is 16.4 Å². The number of hydrogen-bond acceptors (Lipinski definition) is 8. The van der Waals surface area contributed by atoms with Crippen molar-refractivity contribution in [1.29, 1.82) is 0 Å². The number of amides is 2. The van der Waals surface area contributed by atoms with Gasteiger partial charge in [-0.05, 0) is 30.9 Å². The minimum Gasteiger partial charge on any atom is -0.388 e. The lowest BCUT2D eigenvalue weighted by Crippen LogP contribution is -2.35. The van der Waals surface area contributed by atoms with Gasteiger partial charge in [-0.3, -0.25) is 14.2 Å². The van der Waals surface area contributed by atoms with E-state index in [0.717, 1.165) is 12.8 Å². The summed E-state index contributed by atoms with van der Waals surface area (Å²) in [7, 11) is 0. The average molecular weight is 461 g/mol. The maximum Gasteiger partial charge on any atom is 0.252 e. The van der Waals surface area contributed by atoms with E-state index in [0.29, 0.717) is 16.7 Å². The summed E-state index contributed by atoms with van der Waals surface area (Å²) in [5.41, 5.74) is 7.24. The molecule has 1 aliphatic heterocycles. The Morgan fingerprint density at radius 3 is 2.79 bits per heavy atom. The zero-order chi connectivity index (χ0) is 23.7. The van der Waals surface area contributed by atoms with Crippen LogP contribution in [0, 0.1) is 11.8 Å². The number of nitrogens with two attached hydrogens (primary N) is 1. The van der Waals surface area contributed by atoms with Gasteiger partial charge in [0.1, 0.15) is 17.7 Å². The molecule has 1 aliphatic carbocycles. The first kappa shape index (κ1) is 21.8. The number of carbonyl (C=O) groups excluding carboxylic acids is 2. The van der Waals surface area contributed by atoms with Crippen molar-refractivity contribution in [2.45, 2.75) is 43.7 Å². The molecule has 11 heteroatoms. The van der Waals surface area contributed by atoms with Crippen molar-refractivity contribution in [3.8, 4) is 11.8 Å². The molecule has 2 unspecified atom stereocenters. The molecule has 0 bridgehead atoms. The molecule has 0 radical (unpaired) electrons. The molecule has 1 saturated carbocycles. The van der Waals surface area contributed by atoms with Gasteiger partial charge in [-0.15, -0.1) is 0 Å². The maximum absolute atomic E-state index is 12.3. The summed E-state index contributed by atoms with van der Waals surface area (Å²) in [6.45, 7) is 0.0938. The summed E-state index contributed by atoms with van der Waals surface area (Å²) in [5, 5.41) is 16.1. The van der Waals surface area contributed by atoms with Gasteiger partial charge in [-0.25, -0.2) is 15.0 Å². The number of ether oxygens (including phenoxy) is 1. The van der Waals surface area contributed by atoms with Crippen molar-refractivity contribution in [2.75, 3.05) is 12.3 Å². The highest BCUT2D eigenvalue weighted by Gasteiger charge is 2.41. The van der Waals surface area contributed by atoms with Gasteiger partial charge in [0, 0.05) is 18.0 Å². The molecular formula is C23H23N7O4. The summed E-state index contributed by atoms with van der Waals surface area (Å²) in [6, 6.07) is 9.01. The van der Waals surface area contributed by atoms with E-state index in [1.54, 1.807) is 24.3 Å². The van der Waals surface area contributed by atoms with E-state index in [1.807, 2.05) is 6.07 Å². The van der Waals surface area contributed by atoms with Gasteiger partial charge in [-0.1, -0.05) is 24.1 Å². The van der Waals surface area contributed by atoms with Crippen LogP contribution in [0.2, 0.25) is 0 Å². The summed E-state index contributed by atoms with van der Waals surface area (Å²) in [5.74, 6) is 5.38. The lowest BCUT2D eigenvalue weighted by Gasteiger charge is -2.16. The summed E-state index contributed by atoms with van der Waals surface area (Å²) in [6.07, 6.45) is 1.01. The number of imidazole rings is 1. The second kappa shape index (κ2) is 9.09. The van der Waals surface area contributed by atoms with Crippen molar-refractivity contribution in [3.63, 3.8) is 0 Å². The molecule has 5 N–H and O–H groups in total. The standard InChI is InChI=1S/C23H23N7O4/c24-19-18-20(29-17(28-19)7-4-10-25-21(32)13-5-2-1-3-6-13)30(12-26-18)23-15(31)11-16(34-23)22(33)27-14-8-9-14/h1-3,5-6,12,14-16,23,31H,8-11H2,(H,25,32)(H,27,33)(H2,24,28,29)/t15?,16-,23?/m0/s1. The number of aromatic nitrogens is 4. The molecule has 3 aromatic rings. The Bertz CT molecular complexity index is 1290. The van der Waals surface area contributed by atoms with Gasteiger partial charge < -0.3 is 26.2 Å². The first-order valence-electron chi connectivity index (χ1n) is 11.0. The van der Waals surface area contributed by atoms with E-state index >= 15 is 0 Å². The fourth-order valence-electron chi connectivity index (χ4n) is 3.71. The second-order valence-corrected chi connectivity index (χ2v) is 8.21. The van der Waals surface area contributed by atoms with Crippen molar-refractivity contribution < 1.29 is 19.4 Å². The molecule has 2 amide bonds. The first-order valence-corrected chi connectivity index (χ1v) is 11.0. The van der Waals surface area contributed by atoms with Crippen LogP contribution in [0.5, 0.6) is 0 Å². The van der Waals surface area contributed by atoms with Crippen LogP contribution in [0.15, 0.2) is 36.7 Å². The summed E-state index contributed by atoms with van der Waals surface area (Å²) >= 11 is 0. The molecule has 3 atom stereocenters. The van der Waals surface area contributed by atoms with E-state index in [2.05, 4.69) is 37.4 Å². The van der Waals surface area contributed by atoms with Crippen LogP contribution in [0.25, 0.3) is 11.2 Å². The van der Waals surface area contributed by atoms with Gasteiger partial charge >= 0.3 is 0 Å². The topological polar surface area (TPSA) is 157 Å². The number of aliphatic hydroxyl groups is 1. The second-order valence-electron chi connectivity index (χ2n) is 8.21. The molecule has 174 valence electrons. The molecular weight excluding hydrogens is 438 g/mol. The zero-order valence-corrected chi connectivity index (χ0v) is 18.1. The van der Waals surface area contributed by atoms with Gasteiger partial charge in [0.15, 0.2) is 17.7 Å². The van der Waals surface area contributed by atoms with Crippen molar-refractivity contribution in [3.05, 3.63) is 48.0 Å². The quantitative estimate of drug-likeness (QED) is 0.390. The Morgan fingerprint density at radius 2 is 2.03 bits per heavy atom. The predicted octanol–water partition coefficient (Wildman–Crippen LogP) is 0.117. The number of hydrogen-bond donors (Lipinski definition) is 4. The van der Waals surface area contributed by atoms with Crippen LogP contribution in [0.1, 0.15) is 41.7 Å². The fourth-order valence-corrected chi connectivity index (χ4v) is 3.71. The molecule has 1 aromatic carbocycles. The third-order valence-corrected chi connectivity index (χ3v) is 5.60. The van der Waals surface area contributed by atoms with E-state index in [-0.39, 0.29) is 42.5 Å². The van der Waals surface area contributed by atoms with Gasteiger partial charge in [0.05, 0.1) is 12.9 Å². The van der Waals surface area contributed by atoms with Gasteiger partial charge in [-0.2, -0.15) is 0 Å². The number of carbonyl (C=O) groups is 2. The van der Waals surface area contributed by atoms with Crippen LogP contribution in [0.3, 0.4) is 0 Å². The monoisotopic (exact) mass is 461 g/mol. The Kier molecular flexibility index (Phi) is 5.83. The minimum absolute atomic E-state index is 0.0938. The Morgan fingerprint density at radius 1 is 1.24 bits per heavy atom. The lowest BCUT2D eigenvalue weighted by molar-refractivity contribution is -0.134. The lowest BCUT2D eigenvalue weighted by atomic mass is 10.2. The Hall–Kier alpha value is -4.01. The predicted molar refractivity (Wildman–Crippen MR) is 121 cm³/mol. The molecule has 2 fully saturated rings. The maximum atomic E-state index is 12.3. The van der Waals surface area contributed by atoms with E-state index < -0.39 is 18.4 Å².